The van der Waals surface area contributed by atoms with Crippen LogP contribution in [0.3, 0.4) is 0 Å². The number of piperidine rings is 1. The molecule has 1 aromatic rings. The molecule has 0 atom stereocenters. The number of hydrogen-bond acceptors (Lipinski definition) is 3. The Kier molecular flexibility index (Phi) is 4.02. The topological polar surface area (TPSA) is 25.4 Å². The van der Waals surface area contributed by atoms with E-state index in [0.717, 1.165) is 38.4 Å². The summed E-state index contributed by atoms with van der Waals surface area (Å²) >= 11 is 5.88. The van der Waals surface area contributed by atoms with Crippen LogP contribution in [0.25, 0.3) is 0 Å². The van der Waals surface area contributed by atoms with E-state index in [0.29, 0.717) is 11.3 Å². The molecule has 2 rings (SSSR count). The molecule has 4 heteroatoms. The first kappa shape index (κ1) is 11.7. The fraction of sp³-hybridized carbons (Fsp3) is 0.583. The van der Waals surface area contributed by atoms with E-state index in [1.54, 1.807) is 6.07 Å². The predicted molar refractivity (Wildman–Crippen MR) is 66.1 cm³/mol. The summed E-state index contributed by atoms with van der Waals surface area (Å²) in [5.41, 5.74) is 0. The maximum Gasteiger partial charge on any atom is 0.131 e. The second-order valence-corrected chi connectivity index (χ2v) is 4.35. The molecule has 0 bridgehead atoms. The summed E-state index contributed by atoms with van der Waals surface area (Å²) in [5.74, 6) is 0.974. The lowest BCUT2D eigenvalue weighted by Gasteiger charge is -2.32. The number of hydrogen-bond donors (Lipinski definition) is 0. The van der Waals surface area contributed by atoms with E-state index in [-0.39, 0.29) is 0 Å². The minimum absolute atomic E-state index is 0.417. The van der Waals surface area contributed by atoms with Gasteiger partial charge in [-0.3, -0.25) is 0 Å². The zero-order valence-corrected chi connectivity index (χ0v) is 10.3. The summed E-state index contributed by atoms with van der Waals surface area (Å²) in [6, 6.07) is 5.75. The van der Waals surface area contributed by atoms with Gasteiger partial charge in [-0.2, -0.15) is 0 Å². The molecule has 0 aromatic carbocycles. The molecule has 88 valence electrons. The molecule has 1 aliphatic rings. The highest BCUT2D eigenvalue weighted by Gasteiger charge is 2.20. The Balaban J connectivity index is 1.94. The lowest BCUT2D eigenvalue weighted by atomic mass is 10.1. The fourth-order valence-corrected chi connectivity index (χ4v) is 2.22. The van der Waals surface area contributed by atoms with Gasteiger partial charge in [0, 0.05) is 19.7 Å². The number of ether oxygens (including phenoxy) is 1. The van der Waals surface area contributed by atoms with Crippen LogP contribution in [0, 0.1) is 0 Å². The van der Waals surface area contributed by atoms with E-state index < -0.39 is 0 Å². The minimum atomic E-state index is 0.417. The van der Waals surface area contributed by atoms with E-state index in [1.165, 1.54) is 0 Å². The van der Waals surface area contributed by atoms with Gasteiger partial charge >= 0.3 is 0 Å². The van der Waals surface area contributed by atoms with E-state index in [2.05, 4.69) is 9.88 Å². The van der Waals surface area contributed by atoms with Gasteiger partial charge in [0.15, 0.2) is 0 Å². The SMILES string of the molecule is CCOC1CCN(c2cccc(Cl)n2)CC1. The highest BCUT2D eigenvalue weighted by Crippen LogP contribution is 2.20. The molecule has 1 aromatic heterocycles. The van der Waals surface area contributed by atoms with Gasteiger partial charge in [0.2, 0.25) is 0 Å². The van der Waals surface area contributed by atoms with Crippen molar-refractivity contribution in [2.45, 2.75) is 25.9 Å². The van der Waals surface area contributed by atoms with Gasteiger partial charge < -0.3 is 9.64 Å². The lowest BCUT2D eigenvalue weighted by Crippen LogP contribution is -2.37. The van der Waals surface area contributed by atoms with Gasteiger partial charge in [0.05, 0.1) is 6.10 Å². The van der Waals surface area contributed by atoms with Crippen molar-refractivity contribution in [1.82, 2.24) is 4.98 Å². The summed E-state index contributed by atoms with van der Waals surface area (Å²) < 4.78 is 5.62. The molecule has 0 aliphatic carbocycles. The van der Waals surface area contributed by atoms with Crippen LogP contribution >= 0.6 is 11.6 Å². The van der Waals surface area contributed by atoms with Crippen molar-refractivity contribution in [2.24, 2.45) is 0 Å². The summed E-state index contributed by atoms with van der Waals surface area (Å²) in [4.78, 5) is 6.58. The molecule has 16 heavy (non-hydrogen) atoms. The van der Waals surface area contributed by atoms with Crippen molar-refractivity contribution in [3.63, 3.8) is 0 Å². The van der Waals surface area contributed by atoms with Crippen molar-refractivity contribution in [1.29, 1.82) is 0 Å². The number of halogens is 1. The van der Waals surface area contributed by atoms with Crippen LogP contribution in [0.5, 0.6) is 0 Å². The first-order valence-electron chi connectivity index (χ1n) is 5.78. The highest BCUT2D eigenvalue weighted by atomic mass is 35.5. The van der Waals surface area contributed by atoms with Crippen LogP contribution in [-0.4, -0.2) is 30.8 Å². The van der Waals surface area contributed by atoms with Gasteiger partial charge in [-0.1, -0.05) is 17.7 Å². The molecule has 1 aliphatic heterocycles. The third-order valence-electron chi connectivity index (χ3n) is 2.87. The van der Waals surface area contributed by atoms with Gasteiger partial charge in [-0.25, -0.2) is 4.98 Å². The molecular formula is C12H17ClN2O. The fourth-order valence-electron chi connectivity index (χ4n) is 2.06. The van der Waals surface area contributed by atoms with Crippen molar-refractivity contribution >= 4 is 17.4 Å². The Bertz CT molecular complexity index is 338. The van der Waals surface area contributed by atoms with Crippen LogP contribution in [0.4, 0.5) is 5.82 Å². The van der Waals surface area contributed by atoms with Gasteiger partial charge in [0.1, 0.15) is 11.0 Å². The molecular weight excluding hydrogens is 224 g/mol. The average Bonchev–Trinajstić information content (AvgIpc) is 2.30. The maximum absolute atomic E-state index is 5.88. The van der Waals surface area contributed by atoms with Crippen LogP contribution in [0.15, 0.2) is 18.2 Å². The summed E-state index contributed by atoms with van der Waals surface area (Å²) in [7, 11) is 0. The molecule has 0 N–H and O–H groups in total. The Labute approximate surface area is 101 Å². The third-order valence-corrected chi connectivity index (χ3v) is 3.08. The van der Waals surface area contributed by atoms with Crippen molar-refractivity contribution < 1.29 is 4.74 Å². The zero-order valence-electron chi connectivity index (χ0n) is 9.53. The largest absolute Gasteiger partial charge is 0.378 e. The van der Waals surface area contributed by atoms with Crippen LogP contribution in [-0.2, 0) is 4.74 Å². The maximum atomic E-state index is 5.88. The highest BCUT2D eigenvalue weighted by molar-refractivity contribution is 6.29. The Hall–Kier alpha value is -0.800. The second-order valence-electron chi connectivity index (χ2n) is 3.96. The third kappa shape index (κ3) is 2.86. The number of pyridine rings is 1. The number of rotatable bonds is 3. The van der Waals surface area contributed by atoms with Gasteiger partial charge in [0.25, 0.3) is 0 Å². The monoisotopic (exact) mass is 240 g/mol. The molecule has 0 radical (unpaired) electrons. The molecule has 2 heterocycles. The second kappa shape index (κ2) is 5.51. The van der Waals surface area contributed by atoms with Gasteiger partial charge in [-0.15, -0.1) is 0 Å². The quantitative estimate of drug-likeness (QED) is 0.760. The minimum Gasteiger partial charge on any atom is -0.378 e. The smallest absolute Gasteiger partial charge is 0.131 e. The van der Waals surface area contributed by atoms with E-state index in [4.69, 9.17) is 16.3 Å². The van der Waals surface area contributed by atoms with Crippen LogP contribution < -0.4 is 4.90 Å². The van der Waals surface area contributed by atoms with Crippen molar-refractivity contribution in [2.75, 3.05) is 24.6 Å². The molecule has 0 unspecified atom stereocenters. The molecule has 3 nitrogen and oxygen atoms in total. The number of anilines is 1. The summed E-state index contributed by atoms with van der Waals surface area (Å²) in [5, 5.41) is 0.560. The van der Waals surface area contributed by atoms with Crippen molar-refractivity contribution in [3.8, 4) is 0 Å². The first-order chi connectivity index (χ1) is 7.79. The summed E-state index contributed by atoms with van der Waals surface area (Å²) in [6.45, 7) is 4.85. The number of aromatic nitrogens is 1. The molecule has 0 saturated carbocycles. The first-order valence-corrected chi connectivity index (χ1v) is 6.16. The zero-order chi connectivity index (χ0) is 11.4. The predicted octanol–water partition coefficient (Wildman–Crippen LogP) is 2.74. The molecule has 0 amide bonds. The average molecular weight is 241 g/mol. The van der Waals surface area contributed by atoms with Crippen LogP contribution in [0.2, 0.25) is 5.15 Å². The van der Waals surface area contributed by atoms with Gasteiger partial charge in [-0.05, 0) is 31.9 Å². The van der Waals surface area contributed by atoms with Crippen LogP contribution in [0.1, 0.15) is 19.8 Å². The molecule has 1 fully saturated rings. The van der Waals surface area contributed by atoms with Crippen molar-refractivity contribution in [3.05, 3.63) is 23.4 Å². The molecule has 0 spiro atoms. The van der Waals surface area contributed by atoms with E-state index in [9.17, 15) is 0 Å². The van der Waals surface area contributed by atoms with E-state index in [1.807, 2.05) is 19.1 Å². The lowest BCUT2D eigenvalue weighted by molar-refractivity contribution is 0.0458. The number of nitrogens with zero attached hydrogens (tertiary/aromatic N) is 2. The molecule has 1 saturated heterocycles. The standard InChI is InChI=1S/C12H17ClN2O/c1-2-16-10-6-8-15(9-7-10)12-5-3-4-11(13)14-12/h3-5,10H,2,6-9H2,1H3. The Morgan fingerprint density at radius 3 is 2.81 bits per heavy atom. The van der Waals surface area contributed by atoms with E-state index >= 15 is 0 Å². The normalized spacial score (nSPS) is 17.8. The Morgan fingerprint density at radius 1 is 1.44 bits per heavy atom. The summed E-state index contributed by atoms with van der Waals surface area (Å²) in [6.07, 6.45) is 2.56. The Morgan fingerprint density at radius 2 is 2.19 bits per heavy atom.